The first kappa shape index (κ1) is 15.1. The summed E-state index contributed by atoms with van der Waals surface area (Å²) < 4.78 is 27.1. The molecular weight excluding hydrogens is 274 g/mol. The van der Waals surface area contributed by atoms with Gasteiger partial charge in [-0.05, 0) is 37.6 Å². The summed E-state index contributed by atoms with van der Waals surface area (Å²) in [4.78, 5) is 17.9. The molecule has 2 aromatic rings. The summed E-state index contributed by atoms with van der Waals surface area (Å²) in [5.74, 6) is -2.67. The molecule has 1 amide bonds. The van der Waals surface area contributed by atoms with Gasteiger partial charge in [-0.25, -0.2) is 8.78 Å². The SMILES string of the molecule is CC(C)N(Cc1cccnc1)C(=O)c1cccc(F)c1F. The molecule has 0 saturated heterocycles. The highest BCUT2D eigenvalue weighted by Crippen LogP contribution is 2.17. The summed E-state index contributed by atoms with van der Waals surface area (Å²) in [6, 6.07) is 7.06. The zero-order chi connectivity index (χ0) is 15.4. The summed E-state index contributed by atoms with van der Waals surface area (Å²) in [7, 11) is 0. The molecule has 1 heterocycles. The Morgan fingerprint density at radius 1 is 1.24 bits per heavy atom. The first-order chi connectivity index (χ1) is 10.0. The van der Waals surface area contributed by atoms with Crippen molar-refractivity contribution in [3.05, 3.63) is 65.5 Å². The smallest absolute Gasteiger partial charge is 0.257 e. The number of hydrogen-bond donors (Lipinski definition) is 0. The van der Waals surface area contributed by atoms with Crippen LogP contribution in [0, 0.1) is 11.6 Å². The fraction of sp³-hybridized carbons (Fsp3) is 0.250. The monoisotopic (exact) mass is 290 g/mol. The lowest BCUT2D eigenvalue weighted by molar-refractivity contribution is 0.0684. The van der Waals surface area contributed by atoms with E-state index in [4.69, 9.17) is 0 Å². The molecule has 0 atom stereocenters. The molecule has 0 radical (unpaired) electrons. The van der Waals surface area contributed by atoms with Gasteiger partial charge in [-0.2, -0.15) is 0 Å². The van der Waals surface area contributed by atoms with Crippen LogP contribution in [0.2, 0.25) is 0 Å². The van der Waals surface area contributed by atoms with Gasteiger partial charge in [-0.3, -0.25) is 9.78 Å². The highest BCUT2D eigenvalue weighted by atomic mass is 19.2. The molecule has 0 aliphatic heterocycles. The number of amides is 1. The van der Waals surface area contributed by atoms with Gasteiger partial charge in [0.25, 0.3) is 5.91 Å². The second kappa shape index (κ2) is 6.43. The van der Waals surface area contributed by atoms with Crippen molar-refractivity contribution < 1.29 is 13.6 Å². The molecule has 0 saturated carbocycles. The van der Waals surface area contributed by atoms with Crippen molar-refractivity contribution in [1.29, 1.82) is 0 Å². The van der Waals surface area contributed by atoms with Crippen LogP contribution in [-0.2, 0) is 6.54 Å². The van der Waals surface area contributed by atoms with Crippen molar-refractivity contribution in [3.8, 4) is 0 Å². The van der Waals surface area contributed by atoms with Gasteiger partial charge in [-0.15, -0.1) is 0 Å². The van der Waals surface area contributed by atoms with E-state index in [1.165, 1.54) is 17.0 Å². The molecule has 3 nitrogen and oxygen atoms in total. The molecule has 21 heavy (non-hydrogen) atoms. The fourth-order valence-electron chi connectivity index (χ4n) is 2.00. The largest absolute Gasteiger partial charge is 0.332 e. The Hall–Kier alpha value is -2.30. The van der Waals surface area contributed by atoms with E-state index in [-0.39, 0.29) is 11.6 Å². The maximum Gasteiger partial charge on any atom is 0.257 e. The maximum atomic E-state index is 13.8. The van der Waals surface area contributed by atoms with Gasteiger partial charge in [0.15, 0.2) is 11.6 Å². The Bertz CT molecular complexity index is 629. The number of aromatic nitrogens is 1. The van der Waals surface area contributed by atoms with E-state index in [0.717, 1.165) is 11.6 Å². The normalized spacial score (nSPS) is 10.7. The number of carbonyl (C=O) groups is 1. The summed E-state index contributed by atoms with van der Waals surface area (Å²) in [5, 5.41) is 0. The van der Waals surface area contributed by atoms with E-state index >= 15 is 0 Å². The van der Waals surface area contributed by atoms with Crippen LogP contribution in [0.1, 0.15) is 29.8 Å². The summed E-state index contributed by atoms with van der Waals surface area (Å²) >= 11 is 0. The van der Waals surface area contributed by atoms with Crippen LogP contribution in [0.4, 0.5) is 8.78 Å². The van der Waals surface area contributed by atoms with Crippen LogP contribution >= 0.6 is 0 Å². The minimum Gasteiger partial charge on any atom is -0.332 e. The van der Waals surface area contributed by atoms with Crippen LogP contribution < -0.4 is 0 Å². The van der Waals surface area contributed by atoms with E-state index in [1.54, 1.807) is 18.5 Å². The Labute approximate surface area is 122 Å². The number of carbonyl (C=O) groups excluding carboxylic acids is 1. The van der Waals surface area contributed by atoms with E-state index in [2.05, 4.69) is 4.98 Å². The molecule has 1 aromatic heterocycles. The Morgan fingerprint density at radius 3 is 2.62 bits per heavy atom. The Balaban J connectivity index is 2.30. The molecular formula is C16H16F2N2O. The van der Waals surface area contributed by atoms with Crippen molar-refractivity contribution in [3.63, 3.8) is 0 Å². The third-order valence-electron chi connectivity index (χ3n) is 3.14. The average Bonchev–Trinajstić information content (AvgIpc) is 2.48. The van der Waals surface area contributed by atoms with Crippen LogP contribution in [-0.4, -0.2) is 21.8 Å². The van der Waals surface area contributed by atoms with Crippen molar-refractivity contribution in [2.24, 2.45) is 0 Å². The molecule has 5 heteroatoms. The van der Waals surface area contributed by atoms with Crippen molar-refractivity contribution in [1.82, 2.24) is 9.88 Å². The quantitative estimate of drug-likeness (QED) is 0.864. The second-order valence-electron chi connectivity index (χ2n) is 4.99. The zero-order valence-corrected chi connectivity index (χ0v) is 11.9. The molecule has 0 fully saturated rings. The van der Waals surface area contributed by atoms with Crippen LogP contribution in [0.3, 0.4) is 0 Å². The van der Waals surface area contributed by atoms with Gasteiger partial charge in [0.2, 0.25) is 0 Å². The average molecular weight is 290 g/mol. The predicted molar refractivity (Wildman–Crippen MR) is 75.6 cm³/mol. The molecule has 2 rings (SSSR count). The minimum atomic E-state index is -1.11. The second-order valence-corrected chi connectivity index (χ2v) is 4.99. The fourth-order valence-corrected chi connectivity index (χ4v) is 2.00. The Morgan fingerprint density at radius 2 is 2.00 bits per heavy atom. The van der Waals surface area contributed by atoms with Crippen LogP contribution in [0.15, 0.2) is 42.7 Å². The lowest BCUT2D eigenvalue weighted by Gasteiger charge is -2.27. The van der Waals surface area contributed by atoms with Gasteiger partial charge in [0.1, 0.15) is 0 Å². The Kier molecular flexibility index (Phi) is 4.62. The minimum absolute atomic E-state index is 0.152. The predicted octanol–water partition coefficient (Wildman–Crippen LogP) is 3.41. The first-order valence-corrected chi connectivity index (χ1v) is 6.64. The topological polar surface area (TPSA) is 33.2 Å². The van der Waals surface area contributed by atoms with Crippen LogP contribution in [0.25, 0.3) is 0 Å². The molecule has 0 unspecified atom stereocenters. The number of benzene rings is 1. The lowest BCUT2D eigenvalue weighted by Crippen LogP contribution is -2.37. The number of rotatable bonds is 4. The van der Waals surface area contributed by atoms with Crippen LogP contribution in [0.5, 0.6) is 0 Å². The van der Waals surface area contributed by atoms with Gasteiger partial charge < -0.3 is 4.90 Å². The highest BCUT2D eigenvalue weighted by Gasteiger charge is 2.23. The number of nitrogens with zero attached hydrogens (tertiary/aromatic N) is 2. The zero-order valence-electron chi connectivity index (χ0n) is 11.9. The lowest BCUT2D eigenvalue weighted by atomic mass is 10.1. The molecule has 0 N–H and O–H groups in total. The van der Waals surface area contributed by atoms with E-state index in [1.807, 2.05) is 19.9 Å². The summed E-state index contributed by atoms with van der Waals surface area (Å²) in [6.45, 7) is 3.94. The first-order valence-electron chi connectivity index (χ1n) is 6.64. The van der Waals surface area contributed by atoms with Gasteiger partial charge >= 0.3 is 0 Å². The highest BCUT2D eigenvalue weighted by molar-refractivity contribution is 5.94. The summed E-state index contributed by atoms with van der Waals surface area (Å²) in [5.41, 5.74) is 0.573. The standard InChI is InChI=1S/C16H16F2N2O/c1-11(2)20(10-12-5-4-8-19-9-12)16(21)13-6-3-7-14(17)15(13)18/h3-9,11H,10H2,1-2H3. The van der Waals surface area contributed by atoms with Crippen molar-refractivity contribution >= 4 is 5.91 Å². The molecule has 0 aliphatic carbocycles. The number of halogens is 2. The van der Waals surface area contributed by atoms with Gasteiger partial charge in [0, 0.05) is 25.0 Å². The summed E-state index contributed by atoms with van der Waals surface area (Å²) in [6.07, 6.45) is 3.28. The molecule has 0 aliphatic rings. The third kappa shape index (κ3) is 3.42. The van der Waals surface area contributed by atoms with E-state index in [9.17, 15) is 13.6 Å². The molecule has 1 aromatic carbocycles. The van der Waals surface area contributed by atoms with Gasteiger partial charge in [0.05, 0.1) is 5.56 Å². The number of hydrogen-bond acceptors (Lipinski definition) is 2. The maximum absolute atomic E-state index is 13.8. The molecule has 110 valence electrons. The molecule has 0 spiro atoms. The van der Waals surface area contributed by atoms with Crippen molar-refractivity contribution in [2.45, 2.75) is 26.4 Å². The molecule has 0 bridgehead atoms. The van der Waals surface area contributed by atoms with E-state index < -0.39 is 17.5 Å². The van der Waals surface area contributed by atoms with Gasteiger partial charge in [-0.1, -0.05) is 12.1 Å². The third-order valence-corrected chi connectivity index (χ3v) is 3.14. The van der Waals surface area contributed by atoms with E-state index in [0.29, 0.717) is 6.54 Å². The van der Waals surface area contributed by atoms with Crippen molar-refractivity contribution in [2.75, 3.05) is 0 Å². The number of pyridine rings is 1.